The van der Waals surface area contributed by atoms with Crippen LogP contribution in [0.5, 0.6) is 0 Å². The van der Waals surface area contributed by atoms with Crippen molar-refractivity contribution in [1.82, 2.24) is 5.43 Å². The van der Waals surface area contributed by atoms with Crippen LogP contribution in [-0.4, -0.2) is 12.2 Å². The molecule has 0 aliphatic rings. The molecule has 0 amide bonds. The Balaban J connectivity index is 0.00000169. The van der Waals surface area contributed by atoms with Gasteiger partial charge in [0.1, 0.15) is 0 Å². The predicted octanol–water partition coefficient (Wildman–Crippen LogP) is 1.58. The molecule has 0 bridgehead atoms. The molecule has 0 heterocycles. The maximum absolute atomic E-state index is 6.83. The summed E-state index contributed by atoms with van der Waals surface area (Å²) < 4.78 is 0. The van der Waals surface area contributed by atoms with E-state index in [2.05, 4.69) is 10.5 Å². The van der Waals surface area contributed by atoms with Gasteiger partial charge in [-0.25, -0.2) is 5.43 Å². The number of guanidine groups is 1. The second kappa shape index (κ2) is 6.23. The smallest absolute Gasteiger partial charge is 0.206 e. The first kappa shape index (κ1) is 12.7. The molecule has 0 saturated heterocycles. The fraction of sp³-hybridized carbons (Fsp3) is 0. The van der Waals surface area contributed by atoms with E-state index in [1.807, 2.05) is 12.1 Å². The standard InChI is InChI=1S/C8H9ClN4.ClH/c9-7-3-1-2-6(4-7)5-12-13-8(10)11;/h1-5H,(H4,10,11,13);1H/b12-5+;. The quantitative estimate of drug-likeness (QED) is 0.412. The Morgan fingerprint density at radius 2 is 2.29 bits per heavy atom. The van der Waals surface area contributed by atoms with Crippen molar-refractivity contribution in [3.05, 3.63) is 34.9 Å². The number of rotatable bonds is 2. The molecule has 0 fully saturated rings. The highest BCUT2D eigenvalue weighted by atomic mass is 35.5. The van der Waals surface area contributed by atoms with E-state index in [0.29, 0.717) is 5.02 Å². The summed E-state index contributed by atoms with van der Waals surface area (Å²) in [6.45, 7) is 0. The Kier molecular flexibility index (Phi) is 5.67. The lowest BCUT2D eigenvalue weighted by Crippen LogP contribution is -2.25. The lowest BCUT2D eigenvalue weighted by atomic mass is 10.2. The average Bonchev–Trinajstić information content (AvgIpc) is 2.03. The summed E-state index contributed by atoms with van der Waals surface area (Å²) in [6, 6.07) is 7.19. The molecule has 0 aliphatic heterocycles. The number of nitrogens with one attached hydrogen (secondary N) is 2. The zero-order chi connectivity index (χ0) is 9.68. The van der Waals surface area contributed by atoms with Crippen molar-refractivity contribution in [2.24, 2.45) is 10.8 Å². The highest BCUT2D eigenvalue weighted by molar-refractivity contribution is 6.30. The van der Waals surface area contributed by atoms with Gasteiger partial charge in [0.25, 0.3) is 0 Å². The van der Waals surface area contributed by atoms with E-state index in [1.165, 1.54) is 6.21 Å². The van der Waals surface area contributed by atoms with E-state index < -0.39 is 0 Å². The predicted molar refractivity (Wildman–Crippen MR) is 61.3 cm³/mol. The monoisotopic (exact) mass is 232 g/mol. The van der Waals surface area contributed by atoms with Gasteiger partial charge in [0.05, 0.1) is 6.21 Å². The average molecular weight is 233 g/mol. The maximum atomic E-state index is 6.83. The Hall–Kier alpha value is -1.26. The van der Waals surface area contributed by atoms with Crippen LogP contribution in [-0.2, 0) is 0 Å². The summed E-state index contributed by atoms with van der Waals surface area (Å²) in [4.78, 5) is 0. The first-order chi connectivity index (χ1) is 6.18. The van der Waals surface area contributed by atoms with Crippen LogP contribution in [0.2, 0.25) is 5.02 Å². The van der Waals surface area contributed by atoms with E-state index in [0.717, 1.165) is 5.56 Å². The van der Waals surface area contributed by atoms with Crippen molar-refractivity contribution in [1.29, 1.82) is 5.41 Å². The summed E-state index contributed by atoms with van der Waals surface area (Å²) in [5.74, 6) is -0.196. The molecule has 0 radical (unpaired) electrons. The first-order valence-corrected chi connectivity index (χ1v) is 3.95. The van der Waals surface area contributed by atoms with Crippen molar-refractivity contribution in [2.45, 2.75) is 0 Å². The Morgan fingerprint density at radius 1 is 1.57 bits per heavy atom. The van der Waals surface area contributed by atoms with Crippen LogP contribution in [0.1, 0.15) is 5.56 Å². The summed E-state index contributed by atoms with van der Waals surface area (Å²) in [5.41, 5.74) is 8.17. The minimum atomic E-state index is -0.196. The highest BCUT2D eigenvalue weighted by Crippen LogP contribution is 2.08. The molecule has 1 aromatic rings. The molecule has 4 nitrogen and oxygen atoms in total. The molecule has 6 heteroatoms. The highest BCUT2D eigenvalue weighted by Gasteiger charge is 1.88. The van der Waals surface area contributed by atoms with Gasteiger partial charge in [0, 0.05) is 5.02 Å². The minimum Gasteiger partial charge on any atom is -0.369 e. The zero-order valence-electron chi connectivity index (χ0n) is 7.20. The molecule has 14 heavy (non-hydrogen) atoms. The molecule has 0 aromatic heterocycles. The van der Waals surface area contributed by atoms with E-state index in [-0.39, 0.29) is 18.4 Å². The van der Waals surface area contributed by atoms with Crippen molar-refractivity contribution in [2.75, 3.05) is 0 Å². The van der Waals surface area contributed by atoms with E-state index in [4.69, 9.17) is 22.7 Å². The molecular weight excluding hydrogens is 223 g/mol. The lowest BCUT2D eigenvalue weighted by Gasteiger charge is -1.95. The number of halogens is 2. The molecule has 1 rings (SSSR count). The van der Waals surface area contributed by atoms with Gasteiger partial charge in [-0.15, -0.1) is 12.4 Å². The Labute approximate surface area is 93.1 Å². The van der Waals surface area contributed by atoms with E-state index in [1.54, 1.807) is 12.1 Å². The van der Waals surface area contributed by atoms with Crippen LogP contribution >= 0.6 is 24.0 Å². The molecule has 0 spiro atoms. The van der Waals surface area contributed by atoms with Gasteiger partial charge in [-0.3, -0.25) is 5.41 Å². The van der Waals surface area contributed by atoms with Crippen LogP contribution in [0.3, 0.4) is 0 Å². The second-order valence-corrected chi connectivity index (χ2v) is 2.78. The third-order valence-corrected chi connectivity index (χ3v) is 1.48. The summed E-state index contributed by atoms with van der Waals surface area (Å²) in [5, 5.41) is 11.2. The van der Waals surface area contributed by atoms with E-state index in [9.17, 15) is 0 Å². The Morgan fingerprint density at radius 3 is 2.86 bits per heavy atom. The van der Waals surface area contributed by atoms with Crippen LogP contribution in [0.4, 0.5) is 0 Å². The largest absolute Gasteiger partial charge is 0.369 e. The normalized spacial score (nSPS) is 9.50. The molecular formula is C8H10Cl2N4. The molecule has 4 N–H and O–H groups in total. The number of benzene rings is 1. The van der Waals surface area contributed by atoms with Crippen LogP contribution < -0.4 is 11.2 Å². The van der Waals surface area contributed by atoms with Gasteiger partial charge in [0.2, 0.25) is 5.96 Å². The third-order valence-electron chi connectivity index (χ3n) is 1.25. The second-order valence-electron chi connectivity index (χ2n) is 2.34. The number of hydrogen-bond acceptors (Lipinski definition) is 2. The number of nitrogens with zero attached hydrogens (tertiary/aromatic N) is 1. The van der Waals surface area contributed by atoms with Gasteiger partial charge >= 0.3 is 0 Å². The van der Waals surface area contributed by atoms with Crippen LogP contribution in [0.25, 0.3) is 0 Å². The first-order valence-electron chi connectivity index (χ1n) is 3.57. The summed E-state index contributed by atoms with van der Waals surface area (Å²) in [6.07, 6.45) is 1.54. The number of hydrazone groups is 1. The SMILES string of the molecule is Cl.N=C(N)N/N=C/c1cccc(Cl)c1. The van der Waals surface area contributed by atoms with Crippen LogP contribution in [0.15, 0.2) is 29.4 Å². The van der Waals surface area contributed by atoms with Gasteiger partial charge in [-0.2, -0.15) is 5.10 Å². The molecule has 0 unspecified atom stereocenters. The molecule has 76 valence electrons. The zero-order valence-corrected chi connectivity index (χ0v) is 8.77. The molecule has 1 aromatic carbocycles. The molecule has 0 saturated carbocycles. The Bertz CT molecular complexity index is 338. The van der Waals surface area contributed by atoms with Gasteiger partial charge in [0.15, 0.2) is 0 Å². The molecule has 0 aliphatic carbocycles. The van der Waals surface area contributed by atoms with Gasteiger partial charge < -0.3 is 5.73 Å². The fourth-order valence-electron chi connectivity index (χ4n) is 0.763. The number of nitrogens with two attached hydrogens (primary N) is 1. The topological polar surface area (TPSA) is 74.3 Å². The number of hydrogen-bond donors (Lipinski definition) is 3. The van der Waals surface area contributed by atoms with Gasteiger partial charge in [-0.1, -0.05) is 23.7 Å². The van der Waals surface area contributed by atoms with Crippen molar-refractivity contribution >= 4 is 36.2 Å². The minimum absolute atomic E-state index is 0. The lowest BCUT2D eigenvalue weighted by molar-refractivity contribution is 1.00. The van der Waals surface area contributed by atoms with E-state index >= 15 is 0 Å². The van der Waals surface area contributed by atoms with Crippen molar-refractivity contribution in [3.8, 4) is 0 Å². The molecule has 0 atom stereocenters. The maximum Gasteiger partial charge on any atom is 0.206 e. The van der Waals surface area contributed by atoms with Crippen molar-refractivity contribution < 1.29 is 0 Å². The summed E-state index contributed by atoms with van der Waals surface area (Å²) in [7, 11) is 0. The summed E-state index contributed by atoms with van der Waals surface area (Å²) >= 11 is 5.74. The van der Waals surface area contributed by atoms with Crippen molar-refractivity contribution in [3.63, 3.8) is 0 Å². The third kappa shape index (κ3) is 4.69. The van der Waals surface area contributed by atoms with Gasteiger partial charge in [-0.05, 0) is 17.7 Å². The van der Waals surface area contributed by atoms with Crippen LogP contribution in [0, 0.1) is 5.41 Å². The fourth-order valence-corrected chi connectivity index (χ4v) is 0.962.